The van der Waals surface area contributed by atoms with E-state index in [-0.39, 0.29) is 11.9 Å². The van der Waals surface area contributed by atoms with Gasteiger partial charge < -0.3 is 10.1 Å². The normalized spacial score (nSPS) is 18.9. The van der Waals surface area contributed by atoms with Gasteiger partial charge in [0.15, 0.2) is 5.13 Å². The smallest absolute Gasteiger partial charge is 0.315 e. The molecule has 2 atom stereocenters. The second-order valence-electron chi connectivity index (χ2n) is 5.77. The van der Waals surface area contributed by atoms with Crippen molar-refractivity contribution in [3.05, 3.63) is 10.6 Å². The number of thiazole rings is 1. The molecule has 0 saturated carbocycles. The molecule has 2 unspecified atom stereocenters. The van der Waals surface area contributed by atoms with E-state index in [2.05, 4.69) is 31.1 Å². The van der Waals surface area contributed by atoms with Gasteiger partial charge in [0.1, 0.15) is 5.92 Å². The zero-order chi connectivity index (χ0) is 14.7. The summed E-state index contributed by atoms with van der Waals surface area (Å²) in [5.41, 5.74) is 0.938. The molecule has 20 heavy (non-hydrogen) atoms. The Balaban J connectivity index is 1.99. The fraction of sp³-hybridized carbons (Fsp3) is 0.733. The van der Waals surface area contributed by atoms with Crippen LogP contribution in [0.5, 0.6) is 0 Å². The highest BCUT2D eigenvalue weighted by Crippen LogP contribution is 2.39. The molecule has 0 aromatic carbocycles. The van der Waals surface area contributed by atoms with Gasteiger partial charge in [-0.3, -0.25) is 4.79 Å². The zero-order valence-corrected chi connectivity index (χ0v) is 13.5. The first-order valence-corrected chi connectivity index (χ1v) is 8.24. The summed E-state index contributed by atoms with van der Waals surface area (Å²) in [6.45, 7) is 9.89. The number of esters is 1. The van der Waals surface area contributed by atoms with Crippen LogP contribution in [-0.2, 0) is 16.0 Å². The van der Waals surface area contributed by atoms with E-state index in [0.29, 0.717) is 18.4 Å². The van der Waals surface area contributed by atoms with Gasteiger partial charge >= 0.3 is 5.97 Å². The third-order valence-corrected chi connectivity index (χ3v) is 5.09. The minimum atomic E-state index is -0.153. The fourth-order valence-corrected chi connectivity index (χ4v) is 3.30. The number of nitrogens with zero attached hydrogens (tertiary/aromatic N) is 1. The van der Waals surface area contributed by atoms with Crippen molar-refractivity contribution in [3.63, 3.8) is 0 Å². The Morgan fingerprint density at radius 1 is 1.50 bits per heavy atom. The molecule has 1 aromatic heterocycles. The number of rotatable bonds is 6. The van der Waals surface area contributed by atoms with E-state index in [0.717, 1.165) is 30.2 Å². The Morgan fingerprint density at radius 3 is 2.90 bits per heavy atom. The fourth-order valence-electron chi connectivity index (χ4n) is 2.26. The number of anilines is 1. The largest absolute Gasteiger partial charge is 0.465 e. The van der Waals surface area contributed by atoms with E-state index in [1.807, 2.05) is 6.92 Å². The number of hydrogen-bond donors (Lipinski definition) is 1. The molecule has 2 rings (SSSR count). The van der Waals surface area contributed by atoms with Crippen LogP contribution in [0.4, 0.5) is 5.13 Å². The molecule has 0 amide bonds. The number of hydrogen-bond acceptors (Lipinski definition) is 5. The van der Waals surface area contributed by atoms with E-state index in [1.54, 1.807) is 11.3 Å². The summed E-state index contributed by atoms with van der Waals surface area (Å²) in [5.74, 6) is 0.981. The molecule has 1 aliphatic carbocycles. The lowest BCUT2D eigenvalue weighted by Crippen LogP contribution is -2.17. The summed E-state index contributed by atoms with van der Waals surface area (Å²) < 4.78 is 5.13. The first-order valence-electron chi connectivity index (χ1n) is 7.43. The van der Waals surface area contributed by atoms with Crippen molar-refractivity contribution >= 4 is 22.4 Å². The molecule has 0 aliphatic heterocycles. The second kappa shape index (κ2) is 6.57. The maximum Gasteiger partial charge on any atom is 0.315 e. The van der Waals surface area contributed by atoms with Crippen molar-refractivity contribution in [1.29, 1.82) is 0 Å². The molecule has 1 heterocycles. The van der Waals surface area contributed by atoms with Crippen LogP contribution < -0.4 is 5.32 Å². The molecule has 0 saturated heterocycles. The van der Waals surface area contributed by atoms with Gasteiger partial charge in [0.25, 0.3) is 0 Å². The maximum absolute atomic E-state index is 11.9. The molecule has 4 nitrogen and oxygen atoms in total. The Kier molecular flexibility index (Phi) is 5.02. The molecule has 0 bridgehead atoms. The van der Waals surface area contributed by atoms with Crippen molar-refractivity contribution in [2.45, 2.75) is 46.5 Å². The van der Waals surface area contributed by atoms with Gasteiger partial charge in [-0.2, -0.15) is 0 Å². The zero-order valence-electron chi connectivity index (χ0n) is 12.7. The third kappa shape index (κ3) is 3.32. The van der Waals surface area contributed by atoms with Crippen molar-refractivity contribution in [3.8, 4) is 0 Å². The predicted octanol–water partition coefficient (Wildman–Crippen LogP) is 3.44. The van der Waals surface area contributed by atoms with E-state index in [9.17, 15) is 4.79 Å². The van der Waals surface area contributed by atoms with Crippen molar-refractivity contribution < 1.29 is 9.53 Å². The first kappa shape index (κ1) is 15.3. The Hall–Kier alpha value is -1.10. The molecule has 0 fully saturated rings. The van der Waals surface area contributed by atoms with Crippen LogP contribution in [0, 0.1) is 11.8 Å². The van der Waals surface area contributed by atoms with E-state index in [1.165, 1.54) is 4.88 Å². The second-order valence-corrected chi connectivity index (χ2v) is 6.86. The number of fused-ring (bicyclic) bond motifs is 1. The number of carbonyl (C=O) groups excluding carboxylic acids is 1. The van der Waals surface area contributed by atoms with Gasteiger partial charge in [-0.05, 0) is 31.6 Å². The number of aromatic nitrogens is 1. The summed E-state index contributed by atoms with van der Waals surface area (Å²) in [5, 5.41) is 4.34. The van der Waals surface area contributed by atoms with Gasteiger partial charge in [-0.1, -0.05) is 20.8 Å². The topological polar surface area (TPSA) is 51.2 Å². The Morgan fingerprint density at radius 2 is 2.25 bits per heavy atom. The molecule has 1 aromatic rings. The van der Waals surface area contributed by atoms with Crippen molar-refractivity contribution in [1.82, 2.24) is 4.98 Å². The number of carbonyl (C=O) groups is 1. The summed E-state index contributed by atoms with van der Waals surface area (Å²) in [6.07, 6.45) is 1.79. The molecule has 0 spiro atoms. The van der Waals surface area contributed by atoms with Crippen LogP contribution in [0.15, 0.2) is 0 Å². The van der Waals surface area contributed by atoms with Crippen LogP contribution >= 0.6 is 11.3 Å². The highest BCUT2D eigenvalue weighted by atomic mass is 32.1. The van der Waals surface area contributed by atoms with Gasteiger partial charge in [0.05, 0.1) is 12.3 Å². The third-order valence-electron chi connectivity index (χ3n) is 4.00. The van der Waals surface area contributed by atoms with Crippen LogP contribution in [0.3, 0.4) is 0 Å². The molecular formula is C15H24N2O2S. The molecule has 1 N–H and O–H groups in total. The summed E-state index contributed by atoms with van der Waals surface area (Å²) >= 11 is 1.68. The first-order chi connectivity index (χ1) is 9.52. The van der Waals surface area contributed by atoms with Gasteiger partial charge in [-0.15, -0.1) is 11.3 Å². The standard InChI is InChI=1S/C15H24N2O2S/c1-5-19-14(18)11-6-7-12-13(11)17-15(20-12)16-8-10(4)9(2)3/h9-11H,5-8H2,1-4H3,(H,16,17). The molecule has 112 valence electrons. The lowest BCUT2D eigenvalue weighted by Gasteiger charge is -2.15. The molecular weight excluding hydrogens is 272 g/mol. The minimum Gasteiger partial charge on any atom is -0.465 e. The summed E-state index contributed by atoms with van der Waals surface area (Å²) in [7, 11) is 0. The van der Waals surface area contributed by atoms with Crippen LogP contribution in [-0.4, -0.2) is 24.1 Å². The Labute approximate surface area is 124 Å². The van der Waals surface area contributed by atoms with Crippen molar-refractivity contribution in [2.24, 2.45) is 11.8 Å². The van der Waals surface area contributed by atoms with Gasteiger partial charge in [-0.25, -0.2) is 4.98 Å². The van der Waals surface area contributed by atoms with Gasteiger partial charge in [0, 0.05) is 11.4 Å². The Bertz CT molecular complexity index is 470. The highest BCUT2D eigenvalue weighted by Gasteiger charge is 2.33. The number of nitrogens with one attached hydrogen (secondary N) is 1. The SMILES string of the molecule is CCOC(=O)C1CCc2sc(NCC(C)C(C)C)nc21. The molecule has 5 heteroatoms. The average Bonchev–Trinajstić information content (AvgIpc) is 2.95. The van der Waals surface area contributed by atoms with Crippen molar-refractivity contribution in [2.75, 3.05) is 18.5 Å². The lowest BCUT2D eigenvalue weighted by molar-refractivity contribution is -0.145. The molecule has 0 radical (unpaired) electrons. The van der Waals surface area contributed by atoms with Crippen LogP contribution in [0.1, 0.15) is 50.6 Å². The van der Waals surface area contributed by atoms with Crippen LogP contribution in [0.25, 0.3) is 0 Å². The summed E-state index contributed by atoms with van der Waals surface area (Å²) in [4.78, 5) is 17.7. The average molecular weight is 296 g/mol. The maximum atomic E-state index is 11.9. The molecule has 1 aliphatic rings. The van der Waals surface area contributed by atoms with Gasteiger partial charge in [0.2, 0.25) is 0 Å². The number of ether oxygens (including phenoxy) is 1. The van der Waals surface area contributed by atoms with E-state index >= 15 is 0 Å². The van der Waals surface area contributed by atoms with E-state index in [4.69, 9.17) is 4.74 Å². The number of aryl methyl sites for hydroxylation is 1. The minimum absolute atomic E-state index is 0.126. The lowest BCUT2D eigenvalue weighted by atomic mass is 9.98. The van der Waals surface area contributed by atoms with Crippen LogP contribution in [0.2, 0.25) is 0 Å². The quantitative estimate of drug-likeness (QED) is 0.817. The summed E-state index contributed by atoms with van der Waals surface area (Å²) in [6, 6.07) is 0. The predicted molar refractivity (Wildman–Crippen MR) is 82.3 cm³/mol. The highest BCUT2D eigenvalue weighted by molar-refractivity contribution is 7.15. The van der Waals surface area contributed by atoms with E-state index < -0.39 is 0 Å². The monoisotopic (exact) mass is 296 g/mol.